The van der Waals surface area contributed by atoms with E-state index in [0.717, 1.165) is 61.6 Å². The average molecular weight is 359 g/mol. The van der Waals surface area contributed by atoms with Crippen molar-refractivity contribution >= 4 is 28.2 Å². The number of anilines is 1. The van der Waals surface area contributed by atoms with Gasteiger partial charge in [0.2, 0.25) is 0 Å². The van der Waals surface area contributed by atoms with E-state index >= 15 is 0 Å². The molecule has 2 aromatic heterocycles. The van der Waals surface area contributed by atoms with E-state index in [4.69, 9.17) is 5.73 Å². The molecule has 2 amide bonds. The molecule has 2 aromatic rings. The van der Waals surface area contributed by atoms with Gasteiger partial charge in [0.15, 0.2) is 0 Å². The molecule has 0 aromatic carbocycles. The van der Waals surface area contributed by atoms with Gasteiger partial charge in [0.05, 0.1) is 11.8 Å². The van der Waals surface area contributed by atoms with Gasteiger partial charge in [-0.2, -0.15) is 0 Å². The van der Waals surface area contributed by atoms with Crippen LogP contribution in [0.2, 0.25) is 0 Å². The van der Waals surface area contributed by atoms with Crippen LogP contribution in [-0.2, 0) is 25.9 Å². The van der Waals surface area contributed by atoms with Gasteiger partial charge >= 0.3 is 0 Å². The van der Waals surface area contributed by atoms with Crippen LogP contribution in [-0.4, -0.2) is 39.9 Å². The third-order valence-electron chi connectivity index (χ3n) is 4.92. The number of carbonyl (C=O) groups excluding carboxylic acids is 2. The Labute approximate surface area is 149 Å². The maximum Gasteiger partial charge on any atom is 0.274 e. The van der Waals surface area contributed by atoms with E-state index in [2.05, 4.69) is 15.2 Å². The van der Waals surface area contributed by atoms with E-state index < -0.39 is 5.91 Å². The third kappa shape index (κ3) is 2.85. The minimum atomic E-state index is -0.479. The summed E-state index contributed by atoms with van der Waals surface area (Å²) in [5.74, 6) is 0.251. The Balaban J connectivity index is 1.65. The number of amides is 2. The van der Waals surface area contributed by atoms with E-state index in [-0.39, 0.29) is 5.91 Å². The highest BCUT2D eigenvalue weighted by atomic mass is 32.1. The van der Waals surface area contributed by atoms with Crippen molar-refractivity contribution in [3.8, 4) is 0 Å². The van der Waals surface area contributed by atoms with Gasteiger partial charge in [-0.15, -0.1) is 11.3 Å². The number of carbonyl (C=O) groups is 2. The molecular weight excluding hydrogens is 338 g/mol. The summed E-state index contributed by atoms with van der Waals surface area (Å²) in [5, 5.41) is 3.48. The maximum atomic E-state index is 12.8. The molecule has 0 unspecified atom stereocenters. The Hall–Kier alpha value is -2.19. The zero-order valence-corrected chi connectivity index (χ0v) is 15.0. The van der Waals surface area contributed by atoms with E-state index in [1.54, 1.807) is 6.20 Å². The Morgan fingerprint density at radius 1 is 1.28 bits per heavy atom. The van der Waals surface area contributed by atoms with Crippen LogP contribution < -0.4 is 11.1 Å². The van der Waals surface area contributed by atoms with Gasteiger partial charge in [-0.05, 0) is 31.9 Å². The SMILES string of the molecule is CN1CCc2c(sc(NC(=O)c3cnc4n3CCCC4)c2C(N)=O)C1. The van der Waals surface area contributed by atoms with Crippen LogP contribution in [0.25, 0.3) is 0 Å². The molecule has 0 fully saturated rings. The number of nitrogens with one attached hydrogen (secondary N) is 1. The Morgan fingerprint density at radius 3 is 2.92 bits per heavy atom. The third-order valence-corrected chi connectivity index (χ3v) is 6.06. The van der Waals surface area contributed by atoms with Crippen LogP contribution in [0.15, 0.2) is 6.20 Å². The molecule has 132 valence electrons. The number of primary amides is 1. The number of fused-ring (bicyclic) bond motifs is 2. The lowest BCUT2D eigenvalue weighted by molar-refractivity contribution is 0.1000. The number of imidazole rings is 1. The molecule has 0 radical (unpaired) electrons. The van der Waals surface area contributed by atoms with Gasteiger partial charge in [0, 0.05) is 30.9 Å². The lowest BCUT2D eigenvalue weighted by Crippen LogP contribution is -2.27. The van der Waals surface area contributed by atoms with E-state index in [9.17, 15) is 9.59 Å². The highest BCUT2D eigenvalue weighted by Gasteiger charge is 2.27. The number of nitrogens with two attached hydrogens (primary N) is 1. The predicted octanol–water partition coefficient (Wildman–Crippen LogP) is 1.62. The van der Waals surface area contributed by atoms with Crippen molar-refractivity contribution in [1.82, 2.24) is 14.5 Å². The molecule has 2 aliphatic rings. The number of aryl methyl sites for hydroxylation is 1. The summed E-state index contributed by atoms with van der Waals surface area (Å²) in [5.41, 5.74) is 7.62. The smallest absolute Gasteiger partial charge is 0.274 e. The lowest BCUT2D eigenvalue weighted by Gasteiger charge is -2.22. The molecule has 0 aliphatic carbocycles. The molecule has 25 heavy (non-hydrogen) atoms. The monoisotopic (exact) mass is 359 g/mol. The van der Waals surface area contributed by atoms with E-state index in [1.165, 1.54) is 11.3 Å². The Bertz CT molecular complexity index is 854. The number of rotatable bonds is 3. The minimum absolute atomic E-state index is 0.227. The fourth-order valence-electron chi connectivity index (χ4n) is 3.64. The second-order valence-electron chi connectivity index (χ2n) is 6.68. The number of thiophene rings is 1. The van der Waals surface area contributed by atoms with Crippen molar-refractivity contribution < 1.29 is 9.59 Å². The van der Waals surface area contributed by atoms with Crippen LogP contribution in [0.4, 0.5) is 5.00 Å². The lowest BCUT2D eigenvalue weighted by atomic mass is 10.0. The quantitative estimate of drug-likeness (QED) is 0.871. The summed E-state index contributed by atoms with van der Waals surface area (Å²) >= 11 is 1.45. The average Bonchev–Trinajstić information content (AvgIpc) is 3.15. The largest absolute Gasteiger partial charge is 0.365 e. The van der Waals surface area contributed by atoms with Crippen molar-refractivity contribution in [3.05, 3.63) is 33.7 Å². The van der Waals surface area contributed by atoms with Crippen molar-refractivity contribution in [2.45, 2.75) is 38.8 Å². The number of hydrogen-bond acceptors (Lipinski definition) is 5. The first kappa shape index (κ1) is 16.3. The van der Waals surface area contributed by atoms with Gasteiger partial charge in [0.25, 0.3) is 11.8 Å². The topological polar surface area (TPSA) is 93.2 Å². The van der Waals surface area contributed by atoms with Crippen LogP contribution in [0.1, 0.15) is 50.0 Å². The molecule has 4 heterocycles. The molecule has 4 rings (SSSR count). The van der Waals surface area contributed by atoms with Gasteiger partial charge in [0.1, 0.15) is 16.5 Å². The van der Waals surface area contributed by atoms with Crippen LogP contribution in [0.5, 0.6) is 0 Å². The molecular formula is C17H21N5O2S. The van der Waals surface area contributed by atoms with E-state index in [1.807, 2.05) is 11.6 Å². The number of nitrogens with zero attached hydrogens (tertiary/aromatic N) is 3. The minimum Gasteiger partial charge on any atom is -0.365 e. The first-order valence-electron chi connectivity index (χ1n) is 8.53. The van der Waals surface area contributed by atoms with Gasteiger partial charge in [-0.25, -0.2) is 4.98 Å². The molecule has 2 aliphatic heterocycles. The number of likely N-dealkylation sites (N-methyl/N-ethyl adjacent to an activating group) is 1. The van der Waals surface area contributed by atoms with Gasteiger partial charge in [-0.1, -0.05) is 0 Å². The molecule has 0 bridgehead atoms. The highest BCUT2D eigenvalue weighted by molar-refractivity contribution is 7.17. The van der Waals surface area contributed by atoms with Gasteiger partial charge in [-0.3, -0.25) is 9.59 Å². The summed E-state index contributed by atoms with van der Waals surface area (Å²) in [6.45, 7) is 2.47. The molecule has 3 N–H and O–H groups in total. The second-order valence-corrected chi connectivity index (χ2v) is 7.79. The fourth-order valence-corrected chi connectivity index (χ4v) is 4.97. The normalized spacial score (nSPS) is 17.0. The molecule has 7 nitrogen and oxygen atoms in total. The number of hydrogen-bond donors (Lipinski definition) is 2. The molecule has 0 atom stereocenters. The molecule has 0 spiro atoms. The van der Waals surface area contributed by atoms with Crippen LogP contribution >= 0.6 is 11.3 Å². The summed E-state index contributed by atoms with van der Waals surface area (Å²) in [6, 6.07) is 0. The standard InChI is InChI=1S/C17H21N5O2S/c1-21-7-5-10-12(9-21)25-17(14(10)15(18)23)20-16(24)11-8-19-13-4-2-3-6-22(11)13/h8H,2-7,9H2,1H3,(H2,18,23)(H,20,24). The maximum absolute atomic E-state index is 12.8. The summed E-state index contributed by atoms with van der Waals surface area (Å²) < 4.78 is 1.98. The first-order valence-corrected chi connectivity index (χ1v) is 9.35. The van der Waals surface area contributed by atoms with Crippen LogP contribution in [0.3, 0.4) is 0 Å². The zero-order valence-electron chi connectivity index (χ0n) is 14.2. The summed E-state index contributed by atoms with van der Waals surface area (Å²) in [6.07, 6.45) is 5.46. The highest BCUT2D eigenvalue weighted by Crippen LogP contribution is 2.36. The number of aromatic nitrogens is 2. The van der Waals surface area contributed by atoms with Crippen molar-refractivity contribution in [2.75, 3.05) is 18.9 Å². The molecule has 8 heteroatoms. The van der Waals surface area contributed by atoms with Crippen molar-refractivity contribution in [2.24, 2.45) is 5.73 Å². The molecule has 0 saturated carbocycles. The Morgan fingerprint density at radius 2 is 2.12 bits per heavy atom. The van der Waals surface area contributed by atoms with E-state index in [0.29, 0.717) is 16.3 Å². The van der Waals surface area contributed by atoms with Gasteiger partial charge < -0.3 is 20.5 Å². The second kappa shape index (κ2) is 6.27. The summed E-state index contributed by atoms with van der Waals surface area (Å²) in [7, 11) is 2.05. The predicted molar refractivity (Wildman–Crippen MR) is 96.0 cm³/mol. The van der Waals surface area contributed by atoms with Crippen molar-refractivity contribution in [1.29, 1.82) is 0 Å². The Kier molecular flexibility index (Phi) is 4.09. The van der Waals surface area contributed by atoms with Crippen molar-refractivity contribution in [3.63, 3.8) is 0 Å². The van der Waals surface area contributed by atoms with Crippen LogP contribution in [0, 0.1) is 0 Å². The fraction of sp³-hybridized carbons (Fsp3) is 0.471. The molecule has 0 saturated heterocycles. The first-order chi connectivity index (χ1) is 12.0. The summed E-state index contributed by atoms with van der Waals surface area (Å²) in [4.78, 5) is 32.4. The zero-order chi connectivity index (χ0) is 17.6.